The standard InChI is InChI=1S/C15H22N6OS/c1-22-10-14-16-15(23-19-14)21-7-5-20(6-8-21)9-13-11-3-2-4-12(11)17-18-13/h2-10H2,1H3,(H,17,18). The lowest BCUT2D eigenvalue weighted by atomic mass is 10.2. The molecule has 1 saturated heterocycles. The molecule has 1 aliphatic heterocycles. The number of methoxy groups -OCH3 is 1. The van der Waals surface area contributed by atoms with E-state index in [9.17, 15) is 0 Å². The van der Waals surface area contributed by atoms with Crippen molar-refractivity contribution < 1.29 is 4.74 Å². The highest BCUT2D eigenvalue weighted by Gasteiger charge is 2.23. The molecule has 7 nitrogen and oxygen atoms in total. The molecule has 0 atom stereocenters. The van der Waals surface area contributed by atoms with Crippen LogP contribution in [0.1, 0.15) is 29.2 Å². The van der Waals surface area contributed by atoms with Gasteiger partial charge in [-0.1, -0.05) is 0 Å². The molecule has 2 aromatic rings. The maximum atomic E-state index is 5.09. The lowest BCUT2D eigenvalue weighted by Crippen LogP contribution is -2.46. The lowest BCUT2D eigenvalue weighted by Gasteiger charge is -2.34. The molecule has 0 amide bonds. The van der Waals surface area contributed by atoms with Gasteiger partial charge < -0.3 is 9.64 Å². The third kappa shape index (κ3) is 3.11. The number of H-pyrrole nitrogens is 1. The highest BCUT2D eigenvalue weighted by atomic mass is 32.1. The van der Waals surface area contributed by atoms with Crippen molar-refractivity contribution in [2.75, 3.05) is 38.2 Å². The second kappa shape index (κ2) is 6.54. The Bertz CT molecular complexity index is 661. The molecule has 0 aromatic carbocycles. The molecule has 0 radical (unpaired) electrons. The third-order valence-electron chi connectivity index (χ3n) is 4.64. The Morgan fingerprint density at radius 2 is 2.09 bits per heavy atom. The van der Waals surface area contributed by atoms with Crippen molar-refractivity contribution in [1.82, 2.24) is 24.5 Å². The number of fused-ring (bicyclic) bond motifs is 1. The molecule has 8 heteroatoms. The summed E-state index contributed by atoms with van der Waals surface area (Å²) in [5.74, 6) is 0.780. The van der Waals surface area contributed by atoms with E-state index in [-0.39, 0.29) is 0 Å². The van der Waals surface area contributed by atoms with Crippen molar-refractivity contribution in [1.29, 1.82) is 0 Å². The van der Waals surface area contributed by atoms with E-state index in [0.717, 1.165) is 50.1 Å². The minimum Gasteiger partial charge on any atom is -0.377 e. The predicted molar refractivity (Wildman–Crippen MR) is 88.7 cm³/mol. The summed E-state index contributed by atoms with van der Waals surface area (Å²) in [5.41, 5.74) is 4.09. The Morgan fingerprint density at radius 3 is 2.91 bits per heavy atom. The van der Waals surface area contributed by atoms with E-state index >= 15 is 0 Å². The summed E-state index contributed by atoms with van der Waals surface area (Å²) in [7, 11) is 1.67. The fourth-order valence-corrected chi connectivity index (χ4v) is 4.11. The van der Waals surface area contributed by atoms with Crippen LogP contribution in [0.25, 0.3) is 0 Å². The molecular weight excluding hydrogens is 312 g/mol. The van der Waals surface area contributed by atoms with E-state index in [1.54, 1.807) is 7.11 Å². The molecule has 0 bridgehead atoms. The average Bonchev–Trinajstić information content (AvgIpc) is 3.27. The van der Waals surface area contributed by atoms with Crippen LogP contribution in [-0.4, -0.2) is 57.7 Å². The number of nitrogens with one attached hydrogen (secondary N) is 1. The number of rotatable bonds is 5. The van der Waals surface area contributed by atoms with E-state index in [1.165, 1.54) is 41.3 Å². The maximum absolute atomic E-state index is 5.09. The molecule has 23 heavy (non-hydrogen) atoms. The van der Waals surface area contributed by atoms with E-state index in [0.29, 0.717) is 6.61 Å². The first-order chi connectivity index (χ1) is 11.3. The normalized spacial score (nSPS) is 18.6. The Labute approximate surface area is 139 Å². The van der Waals surface area contributed by atoms with Crippen LogP contribution in [-0.2, 0) is 30.7 Å². The number of piperazine rings is 1. The van der Waals surface area contributed by atoms with Gasteiger partial charge in [0.15, 0.2) is 5.82 Å². The van der Waals surface area contributed by atoms with E-state index in [2.05, 4.69) is 29.4 Å². The van der Waals surface area contributed by atoms with Gasteiger partial charge in [-0.15, -0.1) is 0 Å². The first-order valence-electron chi connectivity index (χ1n) is 8.17. The zero-order valence-electron chi connectivity index (χ0n) is 13.4. The Hall–Kier alpha value is -1.51. The van der Waals surface area contributed by atoms with Crippen molar-refractivity contribution in [3.63, 3.8) is 0 Å². The number of anilines is 1. The molecule has 0 spiro atoms. The van der Waals surface area contributed by atoms with Gasteiger partial charge in [-0.05, 0) is 24.8 Å². The topological polar surface area (TPSA) is 70.2 Å². The van der Waals surface area contributed by atoms with Gasteiger partial charge >= 0.3 is 0 Å². The smallest absolute Gasteiger partial charge is 0.205 e. The van der Waals surface area contributed by atoms with Gasteiger partial charge in [0.2, 0.25) is 5.13 Å². The number of hydrogen-bond acceptors (Lipinski definition) is 7. The summed E-state index contributed by atoms with van der Waals surface area (Å²) in [5, 5.41) is 8.74. The maximum Gasteiger partial charge on any atom is 0.205 e. The molecule has 0 unspecified atom stereocenters. The van der Waals surface area contributed by atoms with Crippen molar-refractivity contribution >= 4 is 16.7 Å². The minimum absolute atomic E-state index is 0.487. The largest absolute Gasteiger partial charge is 0.377 e. The van der Waals surface area contributed by atoms with Gasteiger partial charge in [0.25, 0.3) is 0 Å². The number of aryl methyl sites for hydroxylation is 1. The first-order valence-corrected chi connectivity index (χ1v) is 8.94. The van der Waals surface area contributed by atoms with Crippen LogP contribution in [0, 0.1) is 0 Å². The predicted octanol–water partition coefficient (Wildman–Crippen LogP) is 1.22. The number of aromatic amines is 1. The van der Waals surface area contributed by atoms with Gasteiger partial charge in [-0.2, -0.15) is 9.47 Å². The van der Waals surface area contributed by atoms with E-state index in [1.807, 2.05) is 0 Å². The van der Waals surface area contributed by atoms with Crippen molar-refractivity contribution in [3.05, 3.63) is 22.8 Å². The van der Waals surface area contributed by atoms with Crippen LogP contribution >= 0.6 is 11.5 Å². The number of aromatic nitrogens is 4. The molecule has 124 valence electrons. The van der Waals surface area contributed by atoms with Crippen LogP contribution < -0.4 is 4.90 Å². The van der Waals surface area contributed by atoms with Gasteiger partial charge in [0, 0.05) is 57.1 Å². The summed E-state index contributed by atoms with van der Waals surface area (Å²) in [6.45, 7) is 5.52. The van der Waals surface area contributed by atoms with Crippen LogP contribution in [0.15, 0.2) is 0 Å². The second-order valence-electron chi connectivity index (χ2n) is 6.17. The van der Waals surface area contributed by atoms with Gasteiger partial charge in [0.05, 0.1) is 5.69 Å². The Balaban J connectivity index is 1.33. The summed E-state index contributed by atoms with van der Waals surface area (Å²) < 4.78 is 9.42. The fourth-order valence-electron chi connectivity index (χ4n) is 3.39. The zero-order valence-corrected chi connectivity index (χ0v) is 14.2. The molecule has 2 aromatic heterocycles. The fraction of sp³-hybridized carbons (Fsp3) is 0.667. The molecule has 0 saturated carbocycles. The van der Waals surface area contributed by atoms with Crippen molar-refractivity contribution in [3.8, 4) is 0 Å². The Morgan fingerprint density at radius 1 is 1.22 bits per heavy atom. The van der Waals surface area contributed by atoms with E-state index in [4.69, 9.17) is 4.74 Å². The van der Waals surface area contributed by atoms with Gasteiger partial charge in [-0.3, -0.25) is 10.00 Å². The average molecular weight is 334 g/mol. The molecule has 2 aliphatic rings. The summed E-state index contributed by atoms with van der Waals surface area (Å²) in [6.07, 6.45) is 3.62. The molecule has 1 aliphatic carbocycles. The lowest BCUT2D eigenvalue weighted by molar-refractivity contribution is 0.179. The van der Waals surface area contributed by atoms with Crippen LogP contribution in [0.3, 0.4) is 0 Å². The minimum atomic E-state index is 0.487. The van der Waals surface area contributed by atoms with Gasteiger partial charge in [0.1, 0.15) is 6.61 Å². The number of nitrogens with zero attached hydrogens (tertiary/aromatic N) is 5. The highest BCUT2D eigenvalue weighted by Crippen LogP contribution is 2.25. The first kappa shape index (κ1) is 15.0. The number of hydrogen-bond donors (Lipinski definition) is 1. The summed E-state index contributed by atoms with van der Waals surface area (Å²) in [4.78, 5) is 9.35. The summed E-state index contributed by atoms with van der Waals surface area (Å²) >= 11 is 1.47. The number of ether oxygens (including phenoxy) is 1. The molecule has 4 rings (SSSR count). The van der Waals surface area contributed by atoms with Crippen LogP contribution in [0.5, 0.6) is 0 Å². The molecule has 3 heterocycles. The second-order valence-corrected chi connectivity index (χ2v) is 6.90. The summed E-state index contributed by atoms with van der Waals surface area (Å²) in [6, 6.07) is 0. The van der Waals surface area contributed by atoms with Gasteiger partial charge in [-0.25, -0.2) is 4.98 Å². The van der Waals surface area contributed by atoms with Crippen molar-refractivity contribution in [2.24, 2.45) is 0 Å². The Kier molecular flexibility index (Phi) is 4.28. The third-order valence-corrected chi connectivity index (χ3v) is 5.45. The van der Waals surface area contributed by atoms with Crippen LogP contribution in [0.2, 0.25) is 0 Å². The SMILES string of the molecule is COCc1nsc(N2CCN(Cc3n[nH]c4c3CCC4)CC2)n1. The van der Waals surface area contributed by atoms with E-state index < -0.39 is 0 Å². The van der Waals surface area contributed by atoms with Crippen LogP contribution in [0.4, 0.5) is 5.13 Å². The van der Waals surface area contributed by atoms with Crippen molar-refractivity contribution in [2.45, 2.75) is 32.4 Å². The molecular formula is C15H22N6OS. The quantitative estimate of drug-likeness (QED) is 0.886. The highest BCUT2D eigenvalue weighted by molar-refractivity contribution is 7.09. The molecule has 1 fully saturated rings. The molecule has 1 N–H and O–H groups in total. The zero-order chi connectivity index (χ0) is 15.6. The monoisotopic (exact) mass is 334 g/mol.